The summed E-state index contributed by atoms with van der Waals surface area (Å²) < 4.78 is 87.9. The second kappa shape index (κ2) is 7.20. The second-order valence-corrected chi connectivity index (χ2v) is 5.61. The van der Waals surface area contributed by atoms with Crippen LogP contribution in [0.25, 0.3) is 0 Å². The van der Waals surface area contributed by atoms with Crippen LogP contribution in [0.5, 0.6) is 0 Å². The minimum absolute atomic E-state index is 0.153. The van der Waals surface area contributed by atoms with Gasteiger partial charge in [-0.15, -0.1) is 23.5 Å². The summed E-state index contributed by atoms with van der Waals surface area (Å²) in [4.78, 5) is 8.63. The van der Waals surface area contributed by atoms with Gasteiger partial charge in [-0.05, 0) is 19.4 Å². The molecule has 13 heteroatoms. The Morgan fingerprint density at radius 2 is 1.65 bits per heavy atom. The largest absolute Gasteiger partial charge is 0.451 e. The van der Waals surface area contributed by atoms with Crippen molar-refractivity contribution in [1.82, 2.24) is 0 Å². The Morgan fingerprint density at radius 3 is 2.04 bits per heavy atom. The van der Waals surface area contributed by atoms with Gasteiger partial charge in [-0.2, -0.15) is 41.3 Å². The molecule has 0 fully saturated rings. The van der Waals surface area contributed by atoms with Crippen LogP contribution in [0.1, 0.15) is 6.92 Å². The van der Waals surface area contributed by atoms with E-state index in [4.69, 9.17) is 0 Å². The Labute approximate surface area is 135 Å². The van der Waals surface area contributed by atoms with Gasteiger partial charge in [0.2, 0.25) is 0 Å². The van der Waals surface area contributed by atoms with E-state index in [0.717, 1.165) is 23.5 Å². The molecule has 0 amide bonds. The lowest BCUT2D eigenvalue weighted by atomic mass is 10.1. The molecule has 0 atom stereocenters. The molecule has 23 heavy (non-hydrogen) atoms. The van der Waals surface area contributed by atoms with Gasteiger partial charge in [-0.25, -0.2) is 0 Å². The van der Waals surface area contributed by atoms with Crippen molar-refractivity contribution in [3.63, 3.8) is 0 Å². The van der Waals surface area contributed by atoms with E-state index in [1.807, 2.05) is 0 Å². The molecule has 132 valence electrons. The van der Waals surface area contributed by atoms with Crippen LogP contribution in [-0.2, 0) is 9.47 Å². The van der Waals surface area contributed by atoms with Crippen molar-refractivity contribution in [2.75, 3.05) is 19.1 Å². The van der Waals surface area contributed by atoms with E-state index in [1.165, 1.54) is 19.4 Å². The van der Waals surface area contributed by atoms with Crippen LogP contribution in [0.3, 0.4) is 0 Å². The number of nitrogens with zero attached hydrogens (tertiary/aromatic N) is 3. The molecule has 5 nitrogen and oxygen atoms in total. The lowest BCUT2D eigenvalue weighted by Gasteiger charge is -2.32. The molecule has 0 radical (unpaired) electrons. The molecule has 0 bridgehead atoms. The summed E-state index contributed by atoms with van der Waals surface area (Å²) in [5, 5.41) is 0. The fourth-order valence-corrected chi connectivity index (χ4v) is 2.32. The van der Waals surface area contributed by atoms with Gasteiger partial charge in [0.05, 0.1) is 6.61 Å². The monoisotopic (exact) mass is 383 g/mol. The Bertz CT molecular complexity index is 510. The van der Waals surface area contributed by atoms with E-state index in [0.29, 0.717) is 0 Å². The van der Waals surface area contributed by atoms with Crippen LogP contribution >= 0.6 is 23.5 Å². The maximum atomic E-state index is 13.1. The van der Waals surface area contributed by atoms with E-state index < -0.39 is 30.1 Å². The van der Waals surface area contributed by atoms with Crippen molar-refractivity contribution in [1.29, 1.82) is 0 Å². The maximum Gasteiger partial charge on any atom is 0.444 e. The van der Waals surface area contributed by atoms with Gasteiger partial charge in [0.1, 0.15) is 4.38 Å². The molecule has 0 unspecified atom stereocenters. The smallest absolute Gasteiger partial charge is 0.444 e. The first-order valence-electron chi connectivity index (χ1n) is 5.81. The van der Waals surface area contributed by atoms with Crippen molar-refractivity contribution >= 4 is 40.0 Å². The van der Waals surface area contributed by atoms with Crippen LogP contribution in [0.2, 0.25) is 0 Å². The molecule has 1 heterocycles. The summed E-state index contributed by atoms with van der Waals surface area (Å²) in [6.45, 7) is 1.10. The van der Waals surface area contributed by atoms with Crippen molar-refractivity contribution in [3.8, 4) is 0 Å². The van der Waals surface area contributed by atoms with Gasteiger partial charge >= 0.3 is 30.1 Å². The molecule has 0 aromatic carbocycles. The fraction of sp³-hybridized carbons (Fsp3) is 0.700. The number of hydrogen-bond acceptors (Lipinski definition) is 7. The fourth-order valence-electron chi connectivity index (χ4n) is 1.32. The minimum Gasteiger partial charge on any atom is -0.451 e. The van der Waals surface area contributed by atoms with Crippen molar-refractivity contribution in [3.05, 3.63) is 0 Å². The number of alkyl halides is 6. The molecule has 0 spiro atoms. The molecule has 0 N–H and O–H groups in total. The SMILES string of the molecule is CCOC1=NC(C(F)(F)F)(C(F)(F)F)N=C(N=C(SC)SC)O1. The molecule has 1 rings (SSSR count). The molecule has 1 aliphatic rings. The molecular formula is C10H11F6N3O2S2. The van der Waals surface area contributed by atoms with Crippen LogP contribution in [-0.4, -0.2) is 53.6 Å². The van der Waals surface area contributed by atoms with Crippen molar-refractivity contribution < 1.29 is 35.8 Å². The summed E-state index contributed by atoms with van der Waals surface area (Å²) >= 11 is 2.00. The van der Waals surface area contributed by atoms with Gasteiger partial charge in [-0.1, -0.05) is 0 Å². The highest BCUT2D eigenvalue weighted by Gasteiger charge is 2.74. The predicted octanol–water partition coefficient (Wildman–Crippen LogP) is 3.67. The second-order valence-electron chi connectivity index (χ2n) is 3.76. The quantitative estimate of drug-likeness (QED) is 0.394. The first-order valence-corrected chi connectivity index (χ1v) is 8.26. The number of hydrogen-bond donors (Lipinski definition) is 0. The van der Waals surface area contributed by atoms with Gasteiger partial charge < -0.3 is 9.47 Å². The van der Waals surface area contributed by atoms with Gasteiger partial charge in [0.25, 0.3) is 0 Å². The van der Waals surface area contributed by atoms with Crippen LogP contribution in [0, 0.1) is 0 Å². The zero-order valence-electron chi connectivity index (χ0n) is 11.9. The molecule has 0 aliphatic carbocycles. The standard InChI is InChI=1S/C10H11F6N3O2S2/c1-4-20-6-19-8(9(11,12)13,10(14,15)16)18-5(21-6)17-7(22-2)23-3/h4H2,1-3H3. The van der Waals surface area contributed by atoms with Gasteiger partial charge in [0.15, 0.2) is 0 Å². The first-order chi connectivity index (χ1) is 10.5. The highest BCUT2D eigenvalue weighted by Crippen LogP contribution is 2.48. The number of aliphatic imine (C=N–C) groups is 3. The molecule has 0 aromatic heterocycles. The lowest BCUT2D eigenvalue weighted by Crippen LogP contribution is -2.56. The average molecular weight is 383 g/mol. The third-order valence-electron chi connectivity index (χ3n) is 2.28. The van der Waals surface area contributed by atoms with E-state index in [9.17, 15) is 26.3 Å². The topological polar surface area (TPSA) is 55.5 Å². The molecule has 0 saturated carbocycles. The molecule has 0 aromatic rings. The van der Waals surface area contributed by atoms with E-state index in [1.54, 1.807) is 0 Å². The lowest BCUT2D eigenvalue weighted by molar-refractivity contribution is -0.294. The number of amidine groups is 1. The molecule has 0 saturated heterocycles. The van der Waals surface area contributed by atoms with Gasteiger partial charge in [-0.3, -0.25) is 0 Å². The van der Waals surface area contributed by atoms with Crippen LogP contribution in [0.15, 0.2) is 15.0 Å². The third-order valence-corrected chi connectivity index (χ3v) is 4.16. The highest BCUT2D eigenvalue weighted by molar-refractivity contribution is 8.38. The minimum atomic E-state index is -5.85. The van der Waals surface area contributed by atoms with Crippen LogP contribution < -0.4 is 0 Å². The summed E-state index contributed by atoms with van der Waals surface area (Å²) in [5.41, 5.74) is -4.72. The van der Waals surface area contributed by atoms with Gasteiger partial charge in [0, 0.05) is 0 Å². The summed E-state index contributed by atoms with van der Waals surface area (Å²) in [6.07, 6.45) is -9.82. The average Bonchev–Trinajstić information content (AvgIpc) is 2.42. The zero-order valence-corrected chi connectivity index (χ0v) is 13.6. The molecular weight excluding hydrogens is 372 g/mol. The number of halogens is 6. The summed E-state index contributed by atoms with van der Waals surface area (Å²) in [5.74, 6) is 0. The van der Waals surface area contributed by atoms with E-state index >= 15 is 0 Å². The first kappa shape index (κ1) is 19.9. The van der Waals surface area contributed by atoms with E-state index in [-0.39, 0.29) is 11.0 Å². The normalized spacial score (nSPS) is 17.8. The number of rotatable bonds is 1. The Kier molecular flexibility index (Phi) is 6.24. The predicted molar refractivity (Wildman–Crippen MR) is 76.9 cm³/mol. The summed E-state index contributed by atoms with van der Waals surface area (Å²) in [7, 11) is 0. The Balaban J connectivity index is 3.52. The zero-order chi connectivity index (χ0) is 17.9. The van der Waals surface area contributed by atoms with E-state index in [2.05, 4.69) is 24.5 Å². The highest BCUT2D eigenvalue weighted by atomic mass is 32.2. The summed E-state index contributed by atoms with van der Waals surface area (Å²) in [6, 6.07) is -1.13. The molecule has 1 aliphatic heterocycles. The van der Waals surface area contributed by atoms with Crippen LogP contribution in [0.4, 0.5) is 26.3 Å². The number of thioether (sulfide) groups is 2. The number of ether oxygens (including phenoxy) is 2. The Hall–Kier alpha value is -1.11. The van der Waals surface area contributed by atoms with Crippen molar-refractivity contribution in [2.45, 2.75) is 24.9 Å². The maximum absolute atomic E-state index is 13.1. The van der Waals surface area contributed by atoms with Crippen molar-refractivity contribution in [2.24, 2.45) is 15.0 Å². The third kappa shape index (κ3) is 4.25. The Morgan fingerprint density at radius 1 is 1.13 bits per heavy atom.